The summed E-state index contributed by atoms with van der Waals surface area (Å²) in [5.41, 5.74) is 0. The van der Waals surface area contributed by atoms with Gasteiger partial charge in [-0.1, -0.05) is 0 Å². The monoisotopic (exact) mass is 806 g/mol. The SMILES string of the molecule is F.F.F.F.F.[Eu+3].[Mg+2].[O]=[Ge][O-].[O]=[Ge][O-].[O]=[Ge][O-].[O]=[Ge][O-].[O]=[Ge][O-]. The zero-order valence-corrected chi connectivity index (χ0v) is 24.0. The molecule has 0 N–H and O–H groups in total. The number of hydrogen-bond donors (Lipinski definition) is 0. The average Bonchev–Trinajstić information content (AvgIpc) is 2.09. The fraction of sp³-hybridized carbons (Fsp3) is 0. The average molecular weight is 799 g/mol. The van der Waals surface area contributed by atoms with E-state index in [1.165, 1.54) is 0 Å². The topological polar surface area (TPSA) is 201 Å². The predicted molar refractivity (Wildman–Crippen MR) is 50.5 cm³/mol. The normalized spacial score (nSPS) is 2.73. The van der Waals surface area contributed by atoms with Crippen molar-refractivity contribution in [2.24, 2.45) is 0 Å². The molecule has 0 heterocycles. The van der Waals surface area contributed by atoms with E-state index in [-0.39, 0.29) is 96.0 Å². The maximum atomic E-state index is 8.50. The van der Waals surface area contributed by atoms with Gasteiger partial charge >= 0.3 is 191 Å². The Balaban J connectivity index is -0.00000000526. The van der Waals surface area contributed by atoms with Gasteiger partial charge in [0.15, 0.2) is 0 Å². The van der Waals surface area contributed by atoms with Crippen molar-refractivity contribution in [1.82, 2.24) is 0 Å². The molecule has 0 saturated heterocycles. The molecule has 0 atom stereocenters. The first-order chi connectivity index (χ1) is 7.07. The molecule has 0 aromatic rings. The second-order valence-corrected chi connectivity index (χ2v) is 2.17. The molecular formula is H5EuF5Ge5MgO10. The molecule has 0 spiro atoms. The van der Waals surface area contributed by atoms with Crippen LogP contribution in [0.1, 0.15) is 0 Å². The fourth-order valence-corrected chi connectivity index (χ4v) is 0. The minimum atomic E-state index is -2.00. The van der Waals surface area contributed by atoms with Crippen LogP contribution in [0.3, 0.4) is 0 Å². The Morgan fingerprint density at radius 1 is 0.409 bits per heavy atom. The van der Waals surface area contributed by atoms with E-state index in [9.17, 15) is 0 Å². The van der Waals surface area contributed by atoms with Crippen LogP contribution in [0.5, 0.6) is 0 Å². The summed E-state index contributed by atoms with van der Waals surface area (Å²) in [6.45, 7) is 0. The molecule has 0 unspecified atom stereocenters. The summed E-state index contributed by atoms with van der Waals surface area (Å²) < 4.78 is 85.0. The van der Waals surface area contributed by atoms with Crippen molar-refractivity contribution in [2.75, 3.05) is 0 Å². The van der Waals surface area contributed by atoms with Crippen LogP contribution in [-0.4, -0.2) is 102 Å². The minimum absolute atomic E-state index is 0. The van der Waals surface area contributed by atoms with Gasteiger partial charge in [-0.25, -0.2) is 0 Å². The van der Waals surface area contributed by atoms with Crippen molar-refractivity contribution in [2.45, 2.75) is 0 Å². The van der Waals surface area contributed by atoms with Gasteiger partial charge in [0.25, 0.3) is 0 Å². The van der Waals surface area contributed by atoms with E-state index in [2.05, 4.69) is 0 Å². The molecule has 0 rings (SSSR count). The van der Waals surface area contributed by atoms with Gasteiger partial charge in [-0.3, -0.25) is 23.5 Å². The molecule has 22 heteroatoms. The van der Waals surface area contributed by atoms with Crippen molar-refractivity contribution >= 4 is 102 Å². The first-order valence-electron chi connectivity index (χ1n) is 2.04. The maximum absolute atomic E-state index is 8.50. The van der Waals surface area contributed by atoms with Crippen molar-refractivity contribution in [1.29, 1.82) is 0 Å². The zero-order chi connectivity index (χ0) is 13.5. The third kappa shape index (κ3) is 1450. The molecule has 0 saturated carbocycles. The molecule has 0 aliphatic carbocycles. The van der Waals surface area contributed by atoms with Gasteiger partial charge < -0.3 is 0 Å². The summed E-state index contributed by atoms with van der Waals surface area (Å²) in [5, 5.41) is 0. The third-order valence-electron chi connectivity index (χ3n) is 0. The van der Waals surface area contributed by atoms with Gasteiger partial charge in [0, 0.05) is 0 Å². The molecule has 0 aromatic carbocycles. The summed E-state index contributed by atoms with van der Waals surface area (Å²) in [6.07, 6.45) is 0. The van der Waals surface area contributed by atoms with E-state index in [1.807, 2.05) is 0 Å². The Kier molecular flexibility index (Phi) is 803. The molecular weight excluding hydrogens is 794 g/mol. The van der Waals surface area contributed by atoms with Crippen LogP contribution in [0, 0.1) is 49.4 Å². The van der Waals surface area contributed by atoms with Crippen molar-refractivity contribution in [3.05, 3.63) is 0 Å². The summed E-state index contributed by atoms with van der Waals surface area (Å²) in [4.78, 5) is 0. The van der Waals surface area contributed by atoms with Crippen molar-refractivity contribution in [3.63, 3.8) is 0 Å². The van der Waals surface area contributed by atoms with Gasteiger partial charge in [0.2, 0.25) is 0 Å². The molecule has 5 radical (unpaired) electrons. The van der Waals surface area contributed by atoms with Crippen molar-refractivity contribution < 1.29 is 112 Å². The molecule has 0 aliphatic rings. The second kappa shape index (κ2) is 206. The standard InChI is InChI=1S/Eu.5FH.5GeO2.Mg/c;;;;;;5*2-1-3;/h;5*1H;;;;;;/q+3;;;;;;5*-1;+2. The van der Waals surface area contributed by atoms with Gasteiger partial charge in [0.05, 0.1) is 0 Å². The first-order valence-corrected chi connectivity index (χ1v) is 10.6. The van der Waals surface area contributed by atoms with E-state index in [4.69, 9.17) is 39.6 Å². The van der Waals surface area contributed by atoms with Crippen LogP contribution in [-0.2, 0) is 18.9 Å². The zero-order valence-electron chi connectivity index (χ0n) is 9.71. The van der Waals surface area contributed by atoms with Crippen molar-refractivity contribution in [3.8, 4) is 0 Å². The van der Waals surface area contributed by atoms with E-state index in [0.29, 0.717) is 0 Å². The van der Waals surface area contributed by atoms with E-state index in [0.717, 1.165) is 0 Å². The Hall–Kier alpha value is 2.71. The molecule has 0 amide bonds. The second-order valence-electron chi connectivity index (χ2n) is 0.417. The van der Waals surface area contributed by atoms with E-state index in [1.54, 1.807) is 0 Å². The Labute approximate surface area is 210 Å². The summed E-state index contributed by atoms with van der Waals surface area (Å²) in [6, 6.07) is 0. The third-order valence-corrected chi connectivity index (χ3v) is 0. The molecule has 22 heavy (non-hydrogen) atoms. The Morgan fingerprint density at radius 3 is 0.409 bits per heavy atom. The number of hydrogen-bond acceptors (Lipinski definition) is 10. The Bertz CT molecular complexity index is 114. The summed E-state index contributed by atoms with van der Waals surface area (Å²) in [5.74, 6) is 0. The number of rotatable bonds is 0. The fourth-order valence-electron chi connectivity index (χ4n) is 0. The quantitative estimate of drug-likeness (QED) is 0.168. The predicted octanol–water partition coefficient (Wildman–Crippen LogP) is -8.06. The van der Waals surface area contributed by atoms with Gasteiger partial charge in [-0.05, 0) is 0 Å². The molecule has 0 bridgehead atoms. The van der Waals surface area contributed by atoms with E-state index >= 15 is 0 Å². The molecule has 10 nitrogen and oxygen atoms in total. The molecule has 129 valence electrons. The van der Waals surface area contributed by atoms with Crippen LogP contribution in [0.2, 0.25) is 0 Å². The van der Waals surface area contributed by atoms with Crippen LogP contribution >= 0.6 is 0 Å². The summed E-state index contributed by atoms with van der Waals surface area (Å²) in [7, 11) is 0. The van der Waals surface area contributed by atoms with Gasteiger partial charge in [0.1, 0.15) is 0 Å². The molecule has 0 aliphatic heterocycles. The molecule has 0 aromatic heterocycles. The van der Waals surface area contributed by atoms with Gasteiger partial charge in [-0.2, -0.15) is 0 Å². The first kappa shape index (κ1) is 86.0. The van der Waals surface area contributed by atoms with E-state index < -0.39 is 78.5 Å². The van der Waals surface area contributed by atoms with Crippen LogP contribution < -0.4 is 20.7 Å². The Morgan fingerprint density at radius 2 is 0.409 bits per heavy atom. The van der Waals surface area contributed by atoms with Crippen LogP contribution in [0.25, 0.3) is 0 Å². The molecule has 0 fully saturated rings. The van der Waals surface area contributed by atoms with Crippen LogP contribution in [0.4, 0.5) is 23.5 Å². The summed E-state index contributed by atoms with van der Waals surface area (Å²) >= 11 is -10.0. The van der Waals surface area contributed by atoms with Crippen LogP contribution in [0.15, 0.2) is 0 Å². The van der Waals surface area contributed by atoms with Gasteiger partial charge in [-0.15, -0.1) is 0 Å². The number of halogens is 5.